The van der Waals surface area contributed by atoms with E-state index in [1.807, 2.05) is 19.1 Å². The highest BCUT2D eigenvalue weighted by Crippen LogP contribution is 2.56. The number of fused-ring (bicyclic) bond motifs is 1. The molecule has 1 fully saturated rings. The van der Waals surface area contributed by atoms with Crippen molar-refractivity contribution in [3.63, 3.8) is 0 Å². The van der Waals surface area contributed by atoms with Crippen molar-refractivity contribution in [3.05, 3.63) is 24.3 Å². The highest BCUT2D eigenvalue weighted by molar-refractivity contribution is 5.93. The Morgan fingerprint density at radius 1 is 1.47 bits per heavy atom. The molecule has 1 N–H and O–H groups in total. The minimum atomic E-state index is -0.353. The van der Waals surface area contributed by atoms with Crippen molar-refractivity contribution in [2.75, 3.05) is 0 Å². The molecule has 3 aliphatic carbocycles. The molecular weight excluding hydrogens is 188 g/mol. The van der Waals surface area contributed by atoms with Crippen LogP contribution in [0.25, 0.3) is 0 Å². The van der Waals surface area contributed by atoms with Crippen LogP contribution in [0.2, 0.25) is 0 Å². The zero-order valence-electron chi connectivity index (χ0n) is 8.94. The summed E-state index contributed by atoms with van der Waals surface area (Å²) in [5, 5.41) is 9.96. The quantitative estimate of drug-likeness (QED) is 0.611. The summed E-state index contributed by atoms with van der Waals surface area (Å²) in [5.74, 6) is 0.809. The number of allylic oxidation sites excluding steroid dienone is 2. The molecule has 3 aliphatic rings. The van der Waals surface area contributed by atoms with Gasteiger partial charge in [0.25, 0.3) is 0 Å². The Labute approximate surface area is 89.7 Å². The summed E-state index contributed by atoms with van der Waals surface area (Å²) in [6.07, 6.45) is 10.3. The van der Waals surface area contributed by atoms with Gasteiger partial charge >= 0.3 is 0 Å². The molecular formula is C13H16O2. The summed E-state index contributed by atoms with van der Waals surface area (Å²) in [5.41, 5.74) is -0.307. The maximum atomic E-state index is 11.5. The Morgan fingerprint density at radius 3 is 2.80 bits per heavy atom. The fraction of sp³-hybridized carbons (Fsp3) is 0.615. The molecule has 15 heavy (non-hydrogen) atoms. The van der Waals surface area contributed by atoms with Gasteiger partial charge in [-0.2, -0.15) is 0 Å². The normalized spacial score (nSPS) is 52.0. The molecule has 1 spiro atoms. The first-order valence-corrected chi connectivity index (χ1v) is 5.65. The van der Waals surface area contributed by atoms with Gasteiger partial charge in [-0.15, -0.1) is 0 Å². The minimum absolute atomic E-state index is 0.0924. The topological polar surface area (TPSA) is 37.3 Å². The monoisotopic (exact) mass is 204 g/mol. The maximum Gasteiger partial charge on any atom is 0.143 e. The summed E-state index contributed by atoms with van der Waals surface area (Å²) in [6.45, 7) is 2.03. The van der Waals surface area contributed by atoms with Gasteiger partial charge in [-0.1, -0.05) is 24.3 Å². The van der Waals surface area contributed by atoms with E-state index < -0.39 is 0 Å². The van der Waals surface area contributed by atoms with E-state index >= 15 is 0 Å². The Kier molecular flexibility index (Phi) is 1.63. The number of carbonyl (C=O) groups is 1. The number of carbonyl (C=O) groups excluding carboxylic acids is 1. The van der Waals surface area contributed by atoms with Gasteiger partial charge in [-0.05, 0) is 25.7 Å². The predicted molar refractivity (Wildman–Crippen MR) is 57.2 cm³/mol. The van der Waals surface area contributed by atoms with Gasteiger partial charge in [0.05, 0.1) is 6.10 Å². The number of rotatable bonds is 0. The van der Waals surface area contributed by atoms with Crippen molar-refractivity contribution in [2.24, 2.45) is 16.7 Å². The fourth-order valence-electron chi connectivity index (χ4n) is 3.23. The fourth-order valence-corrected chi connectivity index (χ4v) is 3.23. The van der Waals surface area contributed by atoms with Gasteiger partial charge in [0.15, 0.2) is 0 Å². The van der Waals surface area contributed by atoms with Crippen LogP contribution in [0.3, 0.4) is 0 Å². The lowest BCUT2D eigenvalue weighted by atomic mass is 9.51. The third-order valence-corrected chi connectivity index (χ3v) is 4.67. The van der Waals surface area contributed by atoms with Crippen LogP contribution in [0.15, 0.2) is 24.3 Å². The summed E-state index contributed by atoms with van der Waals surface area (Å²) < 4.78 is 0. The molecule has 2 nitrogen and oxygen atoms in total. The van der Waals surface area contributed by atoms with Crippen molar-refractivity contribution in [1.82, 2.24) is 0 Å². The lowest BCUT2D eigenvalue weighted by Crippen LogP contribution is -2.52. The molecule has 0 unspecified atom stereocenters. The average Bonchev–Trinajstić information content (AvgIpc) is 2.55. The Balaban J connectivity index is 1.94. The van der Waals surface area contributed by atoms with Crippen LogP contribution in [0.4, 0.5) is 0 Å². The van der Waals surface area contributed by atoms with Gasteiger partial charge in [0.2, 0.25) is 0 Å². The van der Waals surface area contributed by atoms with Crippen molar-refractivity contribution < 1.29 is 9.90 Å². The van der Waals surface area contributed by atoms with Crippen molar-refractivity contribution in [3.8, 4) is 0 Å². The zero-order valence-corrected chi connectivity index (χ0v) is 8.94. The minimum Gasteiger partial charge on any atom is -0.388 e. The number of ketones is 1. The van der Waals surface area contributed by atoms with Crippen LogP contribution in [-0.2, 0) is 4.79 Å². The second kappa shape index (κ2) is 2.62. The summed E-state index contributed by atoms with van der Waals surface area (Å²) >= 11 is 0. The van der Waals surface area contributed by atoms with E-state index in [1.165, 1.54) is 0 Å². The first-order valence-electron chi connectivity index (χ1n) is 5.65. The van der Waals surface area contributed by atoms with Crippen LogP contribution in [0.1, 0.15) is 26.2 Å². The molecule has 2 heteroatoms. The van der Waals surface area contributed by atoms with Crippen LogP contribution in [0, 0.1) is 16.7 Å². The molecule has 0 bridgehead atoms. The first kappa shape index (κ1) is 9.34. The molecule has 0 saturated heterocycles. The maximum absolute atomic E-state index is 11.5. The molecule has 0 aromatic carbocycles. The van der Waals surface area contributed by atoms with Crippen LogP contribution < -0.4 is 0 Å². The average molecular weight is 204 g/mol. The van der Waals surface area contributed by atoms with E-state index in [9.17, 15) is 9.90 Å². The lowest BCUT2D eigenvalue weighted by molar-refractivity contribution is -0.143. The Bertz CT molecular complexity index is 382. The SMILES string of the molecule is C[C@@]12C=C[C@]3(CC=C[C@@H]3O)C[C@@H]1CC2=O. The number of hydrogen-bond donors (Lipinski definition) is 1. The van der Waals surface area contributed by atoms with Gasteiger partial charge in [-0.3, -0.25) is 4.79 Å². The Hall–Kier alpha value is -0.890. The van der Waals surface area contributed by atoms with E-state index in [4.69, 9.17) is 0 Å². The molecule has 0 aliphatic heterocycles. The summed E-state index contributed by atoms with van der Waals surface area (Å²) in [4.78, 5) is 11.5. The Morgan fingerprint density at radius 2 is 2.27 bits per heavy atom. The summed E-state index contributed by atoms with van der Waals surface area (Å²) in [7, 11) is 0. The van der Waals surface area contributed by atoms with E-state index in [2.05, 4.69) is 12.2 Å². The molecule has 0 aromatic heterocycles. The number of aliphatic hydroxyl groups is 1. The van der Waals surface area contributed by atoms with E-state index in [1.54, 1.807) is 0 Å². The van der Waals surface area contributed by atoms with Crippen LogP contribution in [-0.4, -0.2) is 17.0 Å². The van der Waals surface area contributed by atoms with E-state index in [0.29, 0.717) is 18.1 Å². The molecule has 0 radical (unpaired) electrons. The molecule has 3 rings (SSSR count). The third kappa shape index (κ3) is 1.01. The smallest absolute Gasteiger partial charge is 0.143 e. The molecule has 0 amide bonds. The highest BCUT2D eigenvalue weighted by atomic mass is 16.3. The molecule has 0 aromatic rings. The standard InChI is InChI=1S/C13H16O2/c1-12-5-6-13(4-2-3-10(13)14)8-9(12)7-11(12)15/h2-3,5-6,9-10,14H,4,7-8H2,1H3/t9-,10-,12+,13+/m0/s1. The molecule has 80 valence electrons. The van der Waals surface area contributed by atoms with Crippen molar-refractivity contribution >= 4 is 5.78 Å². The van der Waals surface area contributed by atoms with Crippen molar-refractivity contribution in [2.45, 2.75) is 32.3 Å². The van der Waals surface area contributed by atoms with Gasteiger partial charge in [0, 0.05) is 17.3 Å². The lowest BCUT2D eigenvalue weighted by Gasteiger charge is -2.51. The molecule has 4 atom stereocenters. The van der Waals surface area contributed by atoms with Gasteiger partial charge in [-0.25, -0.2) is 0 Å². The van der Waals surface area contributed by atoms with Crippen molar-refractivity contribution in [1.29, 1.82) is 0 Å². The second-order valence-corrected chi connectivity index (χ2v) is 5.45. The molecule has 1 saturated carbocycles. The number of Topliss-reactive ketones (excluding diaryl/α,β-unsaturated/α-hetero) is 1. The van der Waals surface area contributed by atoms with Crippen LogP contribution >= 0.6 is 0 Å². The van der Waals surface area contributed by atoms with Gasteiger partial charge < -0.3 is 5.11 Å². The second-order valence-electron chi connectivity index (χ2n) is 5.45. The zero-order chi connectivity index (χ0) is 10.7. The highest BCUT2D eigenvalue weighted by Gasteiger charge is 2.55. The first-order chi connectivity index (χ1) is 7.07. The van der Waals surface area contributed by atoms with E-state index in [0.717, 1.165) is 12.8 Å². The van der Waals surface area contributed by atoms with Gasteiger partial charge in [0.1, 0.15) is 5.78 Å². The third-order valence-electron chi connectivity index (χ3n) is 4.67. The molecule has 0 heterocycles. The summed E-state index contributed by atoms with van der Waals surface area (Å²) in [6, 6.07) is 0. The number of aliphatic hydroxyl groups excluding tert-OH is 1. The van der Waals surface area contributed by atoms with Crippen LogP contribution in [0.5, 0.6) is 0 Å². The number of hydrogen-bond acceptors (Lipinski definition) is 2. The predicted octanol–water partition coefficient (Wildman–Crippen LogP) is 1.85. The largest absolute Gasteiger partial charge is 0.388 e. The van der Waals surface area contributed by atoms with E-state index in [-0.39, 0.29) is 16.9 Å².